The summed E-state index contributed by atoms with van der Waals surface area (Å²) in [4.78, 5) is 28.3. The molecule has 0 atom stereocenters. The molecule has 28 heavy (non-hydrogen) atoms. The maximum Gasteiger partial charge on any atom is 0.246 e. The summed E-state index contributed by atoms with van der Waals surface area (Å²) in [6, 6.07) is 3.77. The third-order valence-corrected chi connectivity index (χ3v) is 6.26. The van der Waals surface area contributed by atoms with Crippen molar-refractivity contribution in [3.8, 4) is 5.75 Å². The third-order valence-electron chi connectivity index (χ3n) is 5.54. The van der Waals surface area contributed by atoms with Crippen LogP contribution in [-0.4, -0.2) is 60.9 Å². The Morgan fingerprint density at radius 3 is 2.50 bits per heavy atom. The number of piperidine rings is 1. The molecule has 0 unspecified atom stereocenters. The number of halogens is 2. The van der Waals surface area contributed by atoms with Gasteiger partial charge >= 0.3 is 0 Å². The lowest BCUT2D eigenvalue weighted by atomic mass is 9.93. The SMILES string of the molecule is C=CC(=O)N1CC(N2CCC(C(=O)NCc3cc(Cl)c(Cl)cc3OC)CC2)C1. The van der Waals surface area contributed by atoms with Crippen molar-refractivity contribution >= 4 is 35.0 Å². The second-order valence-corrected chi connectivity index (χ2v) is 8.02. The molecule has 6 nitrogen and oxygen atoms in total. The van der Waals surface area contributed by atoms with Gasteiger partial charge in [-0.15, -0.1) is 0 Å². The van der Waals surface area contributed by atoms with Gasteiger partial charge < -0.3 is 15.0 Å². The first kappa shape index (κ1) is 21.0. The number of nitrogens with zero attached hydrogens (tertiary/aromatic N) is 2. The maximum atomic E-state index is 12.6. The van der Waals surface area contributed by atoms with Gasteiger partial charge in [0.1, 0.15) is 5.75 Å². The molecule has 2 aliphatic heterocycles. The lowest BCUT2D eigenvalue weighted by Crippen LogP contribution is -2.62. The molecule has 152 valence electrons. The van der Waals surface area contributed by atoms with E-state index in [1.54, 1.807) is 24.1 Å². The van der Waals surface area contributed by atoms with Crippen LogP contribution in [0.25, 0.3) is 0 Å². The quantitative estimate of drug-likeness (QED) is 0.711. The molecule has 0 aliphatic carbocycles. The zero-order valence-corrected chi connectivity index (χ0v) is 17.4. The van der Waals surface area contributed by atoms with E-state index in [9.17, 15) is 9.59 Å². The molecule has 0 bridgehead atoms. The van der Waals surface area contributed by atoms with Gasteiger partial charge in [-0.25, -0.2) is 0 Å². The van der Waals surface area contributed by atoms with E-state index in [-0.39, 0.29) is 17.7 Å². The number of ether oxygens (including phenoxy) is 1. The van der Waals surface area contributed by atoms with Crippen molar-refractivity contribution in [2.75, 3.05) is 33.3 Å². The normalized spacial score (nSPS) is 18.5. The minimum absolute atomic E-state index is 0.00370. The summed E-state index contributed by atoms with van der Waals surface area (Å²) < 4.78 is 5.32. The van der Waals surface area contributed by atoms with Crippen molar-refractivity contribution in [2.24, 2.45) is 5.92 Å². The molecule has 2 aliphatic rings. The van der Waals surface area contributed by atoms with Crippen LogP contribution in [0.15, 0.2) is 24.8 Å². The van der Waals surface area contributed by atoms with Crippen molar-refractivity contribution < 1.29 is 14.3 Å². The average Bonchev–Trinajstić information content (AvgIpc) is 2.67. The van der Waals surface area contributed by atoms with Crippen molar-refractivity contribution in [3.05, 3.63) is 40.4 Å². The summed E-state index contributed by atoms with van der Waals surface area (Å²) >= 11 is 12.1. The lowest BCUT2D eigenvalue weighted by molar-refractivity contribution is -0.134. The summed E-state index contributed by atoms with van der Waals surface area (Å²) in [6.07, 6.45) is 2.99. The molecule has 2 heterocycles. The fourth-order valence-corrected chi connectivity index (χ4v) is 4.09. The Hall–Kier alpha value is -1.76. The Kier molecular flexibility index (Phi) is 6.86. The van der Waals surface area contributed by atoms with E-state index in [1.165, 1.54) is 6.08 Å². The van der Waals surface area contributed by atoms with Gasteiger partial charge in [0.05, 0.1) is 17.2 Å². The Bertz CT molecular complexity index is 757. The van der Waals surface area contributed by atoms with Gasteiger partial charge in [0.2, 0.25) is 11.8 Å². The molecule has 2 fully saturated rings. The highest BCUT2D eigenvalue weighted by molar-refractivity contribution is 6.42. The molecule has 1 aromatic rings. The molecule has 0 spiro atoms. The number of hydrogen-bond acceptors (Lipinski definition) is 4. The van der Waals surface area contributed by atoms with Crippen molar-refractivity contribution in [1.29, 1.82) is 0 Å². The van der Waals surface area contributed by atoms with E-state index in [2.05, 4.69) is 16.8 Å². The van der Waals surface area contributed by atoms with Crippen LogP contribution in [0.2, 0.25) is 10.0 Å². The first-order valence-corrected chi connectivity index (χ1v) is 10.1. The number of amides is 2. The molecule has 8 heteroatoms. The average molecular weight is 426 g/mol. The topological polar surface area (TPSA) is 61.9 Å². The highest BCUT2D eigenvalue weighted by Gasteiger charge is 2.36. The largest absolute Gasteiger partial charge is 0.496 e. The summed E-state index contributed by atoms with van der Waals surface area (Å²) in [5.74, 6) is 0.636. The summed E-state index contributed by atoms with van der Waals surface area (Å²) in [6.45, 7) is 7.10. The van der Waals surface area contributed by atoms with Crippen LogP contribution in [-0.2, 0) is 16.1 Å². The molecule has 1 aromatic carbocycles. The molecule has 0 saturated carbocycles. The predicted molar refractivity (Wildman–Crippen MR) is 110 cm³/mol. The number of likely N-dealkylation sites (tertiary alicyclic amines) is 2. The predicted octanol–water partition coefficient (Wildman–Crippen LogP) is 2.73. The van der Waals surface area contributed by atoms with Gasteiger partial charge in [-0.3, -0.25) is 14.5 Å². The number of nitrogens with one attached hydrogen (secondary N) is 1. The zero-order chi connectivity index (χ0) is 20.3. The van der Waals surface area contributed by atoms with Gasteiger partial charge in [0.15, 0.2) is 0 Å². The van der Waals surface area contributed by atoms with Crippen LogP contribution in [0, 0.1) is 5.92 Å². The third kappa shape index (κ3) is 4.62. The van der Waals surface area contributed by atoms with Crippen molar-refractivity contribution in [2.45, 2.75) is 25.4 Å². The molecule has 0 radical (unpaired) electrons. The minimum atomic E-state index is -0.0109. The minimum Gasteiger partial charge on any atom is -0.496 e. The lowest BCUT2D eigenvalue weighted by Gasteiger charge is -2.47. The van der Waals surface area contributed by atoms with Crippen LogP contribution in [0.5, 0.6) is 5.75 Å². The molecular formula is C20H25Cl2N3O3. The molecule has 0 aromatic heterocycles. The fourth-order valence-electron chi connectivity index (χ4n) is 3.75. The van der Waals surface area contributed by atoms with Crippen LogP contribution < -0.4 is 10.1 Å². The van der Waals surface area contributed by atoms with Gasteiger partial charge in [-0.1, -0.05) is 29.8 Å². The molecular weight excluding hydrogens is 401 g/mol. The Balaban J connectivity index is 1.45. The molecule has 2 amide bonds. The van der Waals surface area contributed by atoms with Crippen LogP contribution in [0.1, 0.15) is 18.4 Å². The molecule has 1 N–H and O–H groups in total. The van der Waals surface area contributed by atoms with Crippen LogP contribution >= 0.6 is 23.2 Å². The van der Waals surface area contributed by atoms with E-state index >= 15 is 0 Å². The second-order valence-electron chi connectivity index (χ2n) is 7.21. The first-order valence-electron chi connectivity index (χ1n) is 9.38. The van der Waals surface area contributed by atoms with Crippen molar-refractivity contribution in [1.82, 2.24) is 15.1 Å². The van der Waals surface area contributed by atoms with Gasteiger partial charge in [0, 0.05) is 43.2 Å². The number of benzene rings is 1. The standard InChI is InChI=1S/C20H25Cl2N3O3/c1-3-19(26)25-11-15(12-25)24-6-4-13(5-7-24)20(27)23-10-14-8-16(21)17(22)9-18(14)28-2/h3,8-9,13,15H,1,4-7,10-12H2,2H3,(H,23,27). The van der Waals surface area contributed by atoms with Gasteiger partial charge in [0.25, 0.3) is 0 Å². The highest BCUT2D eigenvalue weighted by Crippen LogP contribution is 2.30. The number of rotatable bonds is 6. The molecule has 3 rings (SSSR count). The van der Waals surface area contributed by atoms with E-state index < -0.39 is 0 Å². The zero-order valence-electron chi connectivity index (χ0n) is 15.9. The first-order chi connectivity index (χ1) is 13.4. The number of carbonyl (C=O) groups excluding carboxylic acids is 2. The number of hydrogen-bond donors (Lipinski definition) is 1. The second kappa shape index (κ2) is 9.16. The maximum absolute atomic E-state index is 12.6. The molecule has 2 saturated heterocycles. The van der Waals surface area contributed by atoms with E-state index in [4.69, 9.17) is 27.9 Å². The van der Waals surface area contributed by atoms with Crippen LogP contribution in [0.4, 0.5) is 0 Å². The summed E-state index contributed by atoms with van der Waals surface area (Å²) in [7, 11) is 1.56. The monoisotopic (exact) mass is 425 g/mol. The summed E-state index contributed by atoms with van der Waals surface area (Å²) in [5, 5.41) is 3.84. The Labute approximate surface area is 175 Å². The fraction of sp³-hybridized carbons (Fsp3) is 0.500. The van der Waals surface area contributed by atoms with Crippen LogP contribution in [0.3, 0.4) is 0 Å². The Morgan fingerprint density at radius 1 is 1.25 bits per heavy atom. The van der Waals surface area contributed by atoms with Gasteiger partial charge in [-0.05, 0) is 38.1 Å². The van der Waals surface area contributed by atoms with E-state index in [1.807, 2.05) is 0 Å². The van der Waals surface area contributed by atoms with Gasteiger partial charge in [-0.2, -0.15) is 0 Å². The van der Waals surface area contributed by atoms with E-state index in [0.29, 0.717) is 28.4 Å². The Morgan fingerprint density at radius 2 is 1.89 bits per heavy atom. The van der Waals surface area contributed by atoms with Crippen molar-refractivity contribution in [3.63, 3.8) is 0 Å². The smallest absolute Gasteiger partial charge is 0.246 e. The summed E-state index contributed by atoms with van der Waals surface area (Å²) in [5.41, 5.74) is 0.795. The highest BCUT2D eigenvalue weighted by atomic mass is 35.5. The number of carbonyl (C=O) groups is 2. The van der Waals surface area contributed by atoms with E-state index in [0.717, 1.165) is 44.6 Å². The number of methoxy groups -OCH3 is 1.